The van der Waals surface area contributed by atoms with E-state index in [1.165, 1.54) is 42.6 Å². The van der Waals surface area contributed by atoms with Gasteiger partial charge < -0.3 is 14.8 Å². The lowest BCUT2D eigenvalue weighted by Gasteiger charge is -2.21. The maximum Gasteiger partial charge on any atom is 0.442 e. The molecule has 1 aromatic heterocycles. The van der Waals surface area contributed by atoms with Crippen molar-refractivity contribution in [1.29, 1.82) is 0 Å². The van der Waals surface area contributed by atoms with Crippen LogP contribution in [0.3, 0.4) is 0 Å². The van der Waals surface area contributed by atoms with Gasteiger partial charge in [0, 0.05) is 18.0 Å². The number of halogens is 1. The zero-order valence-electron chi connectivity index (χ0n) is 28.8. The van der Waals surface area contributed by atoms with Crippen molar-refractivity contribution in [2.24, 2.45) is 4.36 Å². The third kappa shape index (κ3) is 9.96. The number of anilines is 2. The first-order valence-corrected chi connectivity index (χ1v) is 17.1. The molecule has 1 atom stereocenters. The van der Waals surface area contributed by atoms with E-state index in [1.807, 2.05) is 13.8 Å². The van der Waals surface area contributed by atoms with Crippen LogP contribution >= 0.6 is 0 Å². The lowest BCUT2D eigenvalue weighted by Crippen LogP contribution is -2.27. The first kappa shape index (κ1) is 36.7. The van der Waals surface area contributed by atoms with E-state index in [0.29, 0.717) is 11.1 Å². The van der Waals surface area contributed by atoms with E-state index in [0.717, 1.165) is 5.56 Å². The Morgan fingerprint density at radius 3 is 1.96 bits per heavy atom. The summed E-state index contributed by atoms with van der Waals surface area (Å²) < 4.78 is 43.0. The smallest absolute Gasteiger partial charge is 0.442 e. The summed E-state index contributed by atoms with van der Waals surface area (Å²) in [7, 11) is -3.58. The maximum absolute atomic E-state index is 14.6. The molecule has 3 amide bonds. The Balaban J connectivity index is 1.71. The molecule has 0 aliphatic carbocycles. The van der Waals surface area contributed by atoms with Crippen molar-refractivity contribution in [2.45, 2.75) is 82.3 Å². The molecule has 0 saturated carbocycles. The lowest BCUT2D eigenvalue weighted by atomic mass is 10.0. The van der Waals surface area contributed by atoms with Gasteiger partial charge >= 0.3 is 12.2 Å². The van der Waals surface area contributed by atoms with Crippen LogP contribution in [0.1, 0.15) is 77.2 Å². The molecule has 4 rings (SSSR count). The number of carbonyl (C=O) groups excluding carboxylic acids is 3. The number of hydrogen-bond acceptors (Lipinski definition) is 7. The molecule has 0 spiro atoms. The van der Waals surface area contributed by atoms with Gasteiger partial charge in [0.25, 0.3) is 5.91 Å². The van der Waals surface area contributed by atoms with Crippen molar-refractivity contribution in [3.63, 3.8) is 0 Å². The van der Waals surface area contributed by atoms with Gasteiger partial charge in [-0.25, -0.2) is 18.2 Å². The van der Waals surface area contributed by atoms with Crippen molar-refractivity contribution in [3.05, 3.63) is 102 Å². The van der Waals surface area contributed by atoms with Crippen molar-refractivity contribution >= 4 is 39.2 Å². The molecule has 12 heteroatoms. The quantitative estimate of drug-likeness (QED) is 0.197. The Labute approximate surface area is 286 Å². The molecule has 1 unspecified atom stereocenters. The molecule has 0 saturated heterocycles. The highest BCUT2D eigenvalue weighted by Gasteiger charge is 2.24. The van der Waals surface area contributed by atoms with E-state index < -0.39 is 44.8 Å². The molecule has 0 aliphatic rings. The Kier molecular flexibility index (Phi) is 10.9. The summed E-state index contributed by atoms with van der Waals surface area (Å²) in [6.45, 7) is 14.2. The number of benzene rings is 3. The third-order valence-corrected chi connectivity index (χ3v) is 9.01. The van der Waals surface area contributed by atoms with Crippen molar-refractivity contribution in [3.8, 4) is 11.1 Å². The molecule has 4 aromatic rings. The van der Waals surface area contributed by atoms with Crippen molar-refractivity contribution in [2.75, 3.05) is 10.6 Å². The molecule has 0 fully saturated rings. The minimum Gasteiger partial charge on any atom is -0.444 e. The number of ether oxygens (including phenoxy) is 2. The van der Waals surface area contributed by atoms with Crippen LogP contribution in [0.2, 0.25) is 0 Å². The molecule has 258 valence electrons. The third-order valence-electron chi connectivity index (χ3n) is 6.83. The van der Waals surface area contributed by atoms with Crippen molar-refractivity contribution < 1.29 is 32.5 Å². The number of aromatic nitrogens is 1. The standard InChI is InChI=1S/C37H41FN4O6S/c1-23(2)27-19-30(22-39-21-27)49(46,42-35(45)48-37(6,7)8)29-16-11-25(12-17-29)33(43)40-32-20-26(24-9-14-28(38)15-10-24)13-18-31(32)41-34(44)47-36(3,4)5/h9-23H,1-8H3,(H,40,43)(H,41,44). The normalized spacial score (nSPS) is 12.9. The Morgan fingerprint density at radius 1 is 0.755 bits per heavy atom. The number of nitrogens with zero attached hydrogens (tertiary/aromatic N) is 2. The number of pyridine rings is 1. The maximum atomic E-state index is 14.6. The van der Waals surface area contributed by atoms with Crippen LogP contribution in [0.5, 0.6) is 0 Å². The monoisotopic (exact) mass is 688 g/mol. The summed E-state index contributed by atoms with van der Waals surface area (Å²) in [5.74, 6) is -0.871. The van der Waals surface area contributed by atoms with E-state index in [9.17, 15) is 23.0 Å². The Hall–Kier alpha value is -5.10. The molecule has 49 heavy (non-hydrogen) atoms. The van der Waals surface area contributed by atoms with Gasteiger partial charge in [0.15, 0.2) is 0 Å². The van der Waals surface area contributed by atoms with E-state index in [1.54, 1.807) is 84.1 Å². The average Bonchev–Trinajstić information content (AvgIpc) is 3.00. The summed E-state index contributed by atoms with van der Waals surface area (Å²) in [5, 5.41) is 5.49. The van der Waals surface area contributed by atoms with Gasteiger partial charge in [0.05, 0.1) is 21.2 Å². The largest absolute Gasteiger partial charge is 0.444 e. The second-order valence-corrected chi connectivity index (χ2v) is 15.8. The summed E-state index contributed by atoms with van der Waals surface area (Å²) >= 11 is 0. The van der Waals surface area contributed by atoms with E-state index in [-0.39, 0.29) is 32.6 Å². The highest BCUT2D eigenvalue weighted by Crippen LogP contribution is 2.31. The Bertz CT molecular complexity index is 1970. The number of hydrogen-bond donors (Lipinski definition) is 2. The van der Waals surface area contributed by atoms with Gasteiger partial charge in [-0.3, -0.25) is 15.1 Å². The number of nitrogens with one attached hydrogen (secondary N) is 2. The minimum atomic E-state index is -3.58. The van der Waals surface area contributed by atoms with E-state index >= 15 is 0 Å². The predicted molar refractivity (Wildman–Crippen MR) is 188 cm³/mol. The predicted octanol–water partition coefficient (Wildman–Crippen LogP) is 9.43. The lowest BCUT2D eigenvalue weighted by molar-refractivity contribution is 0.0603. The van der Waals surface area contributed by atoms with Crippen LogP contribution in [0.25, 0.3) is 11.1 Å². The molecule has 0 radical (unpaired) electrons. The van der Waals surface area contributed by atoms with Gasteiger partial charge in [0.1, 0.15) is 26.7 Å². The van der Waals surface area contributed by atoms with Gasteiger partial charge in [-0.05, 0) is 119 Å². The first-order chi connectivity index (χ1) is 22.8. The van der Waals surface area contributed by atoms with Crippen LogP contribution in [0, 0.1) is 5.82 Å². The topological polar surface area (TPSA) is 136 Å². The second kappa shape index (κ2) is 14.6. The zero-order chi connectivity index (χ0) is 36.1. The van der Waals surface area contributed by atoms with Crippen LogP contribution < -0.4 is 10.6 Å². The van der Waals surface area contributed by atoms with Gasteiger partial charge in [0.2, 0.25) is 0 Å². The second-order valence-electron chi connectivity index (χ2n) is 13.6. The van der Waals surface area contributed by atoms with Gasteiger partial charge in [-0.1, -0.05) is 32.0 Å². The van der Waals surface area contributed by atoms with Crippen molar-refractivity contribution in [1.82, 2.24) is 4.98 Å². The average molecular weight is 689 g/mol. The summed E-state index contributed by atoms with van der Waals surface area (Å²) in [6, 6.07) is 18.4. The van der Waals surface area contributed by atoms with Gasteiger partial charge in [-0.15, -0.1) is 4.36 Å². The number of carbonyl (C=O) groups is 3. The molecule has 10 nitrogen and oxygen atoms in total. The fourth-order valence-corrected chi connectivity index (χ4v) is 6.24. The van der Waals surface area contributed by atoms with Gasteiger partial charge in [-0.2, -0.15) is 0 Å². The summed E-state index contributed by atoms with van der Waals surface area (Å²) in [4.78, 5) is 43.7. The highest BCUT2D eigenvalue weighted by atomic mass is 32.2. The van der Waals surface area contributed by atoms with Crippen LogP contribution in [0.4, 0.5) is 25.4 Å². The molecular weight excluding hydrogens is 647 g/mol. The van der Waals surface area contributed by atoms with Crippen LogP contribution in [0.15, 0.2) is 99.3 Å². The molecular formula is C37H41FN4O6S. The minimum absolute atomic E-state index is 0.0694. The molecule has 3 aromatic carbocycles. The molecule has 2 N–H and O–H groups in total. The molecule has 0 bridgehead atoms. The fourth-order valence-electron chi connectivity index (χ4n) is 4.51. The summed E-state index contributed by atoms with van der Waals surface area (Å²) in [5.41, 5.74) is 1.22. The zero-order valence-corrected chi connectivity index (χ0v) is 29.6. The summed E-state index contributed by atoms with van der Waals surface area (Å²) in [6.07, 6.45) is 1.34. The SMILES string of the molecule is CC(C)c1cncc(S(=O)(=NC(=O)OC(C)(C)C)c2ccc(C(=O)Nc3cc(-c4ccc(F)cc4)ccc3NC(=O)OC(C)(C)C)cc2)c1. The van der Waals surface area contributed by atoms with Crippen LogP contribution in [-0.4, -0.2) is 38.5 Å². The number of amides is 3. The van der Waals surface area contributed by atoms with E-state index in [2.05, 4.69) is 20.0 Å². The van der Waals surface area contributed by atoms with Crippen LogP contribution in [-0.2, 0) is 19.2 Å². The highest BCUT2D eigenvalue weighted by molar-refractivity contribution is 7.94. The van der Waals surface area contributed by atoms with E-state index in [4.69, 9.17) is 9.47 Å². The molecule has 0 aliphatic heterocycles. The Morgan fingerprint density at radius 2 is 1.37 bits per heavy atom. The first-order valence-electron chi connectivity index (χ1n) is 15.6. The number of rotatable bonds is 7. The fraction of sp³-hybridized carbons (Fsp3) is 0.297. The molecule has 1 heterocycles.